The Labute approximate surface area is 179 Å². The number of thiazole rings is 1. The predicted octanol–water partition coefficient (Wildman–Crippen LogP) is 4.29. The lowest BCUT2D eigenvalue weighted by molar-refractivity contribution is 0.331. The van der Waals surface area contributed by atoms with Gasteiger partial charge in [-0.2, -0.15) is 0 Å². The van der Waals surface area contributed by atoms with Crippen LogP contribution in [0, 0.1) is 0 Å². The molecular formula is C23H35N5S. The van der Waals surface area contributed by atoms with Crippen molar-refractivity contribution in [1.82, 2.24) is 20.5 Å². The number of hydrogen-bond donors (Lipinski definition) is 2. The van der Waals surface area contributed by atoms with E-state index in [1.54, 1.807) is 11.3 Å². The summed E-state index contributed by atoms with van der Waals surface area (Å²) >= 11 is 1.73. The van der Waals surface area contributed by atoms with E-state index in [1.807, 2.05) is 0 Å². The molecule has 0 radical (unpaired) electrons. The zero-order valence-electron chi connectivity index (χ0n) is 18.3. The van der Waals surface area contributed by atoms with Crippen molar-refractivity contribution in [3.05, 3.63) is 51.5 Å². The molecule has 0 spiro atoms. The molecule has 2 heterocycles. The first-order chi connectivity index (χ1) is 13.9. The van der Waals surface area contributed by atoms with Gasteiger partial charge in [0.2, 0.25) is 0 Å². The smallest absolute Gasteiger partial charge is 0.191 e. The Morgan fingerprint density at radius 2 is 1.79 bits per heavy atom. The summed E-state index contributed by atoms with van der Waals surface area (Å²) < 4.78 is 0. The van der Waals surface area contributed by atoms with E-state index >= 15 is 0 Å². The molecule has 1 aliphatic rings. The van der Waals surface area contributed by atoms with E-state index in [1.165, 1.54) is 42.1 Å². The van der Waals surface area contributed by atoms with Crippen molar-refractivity contribution in [2.24, 2.45) is 4.99 Å². The molecule has 5 nitrogen and oxygen atoms in total. The molecule has 1 saturated heterocycles. The summed E-state index contributed by atoms with van der Waals surface area (Å²) in [5.41, 5.74) is 3.79. The van der Waals surface area contributed by atoms with Crippen molar-refractivity contribution in [1.29, 1.82) is 0 Å². The first kappa shape index (κ1) is 21.8. The van der Waals surface area contributed by atoms with Gasteiger partial charge in [-0.1, -0.05) is 45.0 Å². The molecule has 2 N–H and O–H groups in total. The Morgan fingerprint density at radius 3 is 2.41 bits per heavy atom. The minimum Gasteiger partial charge on any atom is -0.357 e. The van der Waals surface area contributed by atoms with Gasteiger partial charge in [0.1, 0.15) is 0 Å². The zero-order valence-corrected chi connectivity index (χ0v) is 19.1. The number of hydrogen-bond acceptors (Lipinski definition) is 4. The minimum absolute atomic E-state index is 0.0996. The fourth-order valence-electron chi connectivity index (χ4n) is 3.37. The summed E-state index contributed by atoms with van der Waals surface area (Å²) in [5.74, 6) is 0.832. The molecule has 0 bridgehead atoms. The molecule has 0 amide bonds. The van der Waals surface area contributed by atoms with Crippen LogP contribution in [0.15, 0.2) is 34.6 Å². The lowest BCUT2D eigenvalue weighted by Crippen LogP contribution is -2.36. The third kappa shape index (κ3) is 6.82. The summed E-state index contributed by atoms with van der Waals surface area (Å²) in [6, 6.07) is 8.89. The fourth-order valence-corrected chi connectivity index (χ4v) is 4.28. The van der Waals surface area contributed by atoms with E-state index in [-0.39, 0.29) is 5.41 Å². The third-order valence-corrected chi connectivity index (χ3v) is 6.34. The molecule has 0 unspecified atom stereocenters. The number of likely N-dealkylation sites (tertiary alicyclic amines) is 1. The number of guanidine groups is 1. The maximum Gasteiger partial charge on any atom is 0.191 e. The molecule has 0 atom stereocenters. The fraction of sp³-hybridized carbons (Fsp3) is 0.565. The van der Waals surface area contributed by atoms with Crippen molar-refractivity contribution >= 4 is 17.3 Å². The van der Waals surface area contributed by atoms with Gasteiger partial charge in [0.15, 0.2) is 5.96 Å². The van der Waals surface area contributed by atoms with Crippen LogP contribution in [-0.4, -0.2) is 35.5 Å². The van der Waals surface area contributed by atoms with Crippen LogP contribution in [0.5, 0.6) is 0 Å². The SMILES string of the molecule is CCNC(=NCc1ccc(CN2CCCC2)cc1)NCc1csc(C(C)(C)C)n1. The highest BCUT2D eigenvalue weighted by atomic mass is 32.1. The van der Waals surface area contributed by atoms with Crippen LogP contribution in [0.4, 0.5) is 0 Å². The van der Waals surface area contributed by atoms with Gasteiger partial charge in [-0.3, -0.25) is 4.90 Å². The number of aliphatic imine (C=N–C) groups is 1. The van der Waals surface area contributed by atoms with Crippen molar-refractivity contribution < 1.29 is 0 Å². The van der Waals surface area contributed by atoms with Gasteiger partial charge in [-0.25, -0.2) is 9.98 Å². The lowest BCUT2D eigenvalue weighted by Gasteiger charge is -2.14. The Hall–Kier alpha value is -1.92. The molecule has 29 heavy (non-hydrogen) atoms. The first-order valence-corrected chi connectivity index (χ1v) is 11.6. The number of aromatic nitrogens is 1. The van der Waals surface area contributed by atoms with Crippen LogP contribution in [0.1, 0.15) is 62.4 Å². The summed E-state index contributed by atoms with van der Waals surface area (Å²) in [6.45, 7) is 14.4. The lowest BCUT2D eigenvalue weighted by atomic mass is 9.98. The van der Waals surface area contributed by atoms with E-state index in [9.17, 15) is 0 Å². The zero-order chi connectivity index (χ0) is 20.7. The molecule has 0 aliphatic carbocycles. The van der Waals surface area contributed by atoms with Crippen LogP contribution in [0.2, 0.25) is 0 Å². The van der Waals surface area contributed by atoms with Crippen molar-refractivity contribution in [3.63, 3.8) is 0 Å². The first-order valence-electron chi connectivity index (χ1n) is 10.7. The molecule has 3 rings (SSSR count). The minimum atomic E-state index is 0.0996. The average Bonchev–Trinajstić information content (AvgIpc) is 3.37. The van der Waals surface area contributed by atoms with Gasteiger partial charge < -0.3 is 10.6 Å². The molecule has 1 aromatic heterocycles. The molecule has 1 aliphatic heterocycles. The summed E-state index contributed by atoms with van der Waals surface area (Å²) in [6.07, 6.45) is 2.68. The predicted molar refractivity (Wildman–Crippen MR) is 123 cm³/mol. The molecular weight excluding hydrogens is 378 g/mol. The Balaban J connectivity index is 1.53. The highest BCUT2D eigenvalue weighted by Gasteiger charge is 2.18. The van der Waals surface area contributed by atoms with Crippen LogP contribution in [0.25, 0.3) is 0 Å². The highest BCUT2D eigenvalue weighted by Crippen LogP contribution is 2.25. The van der Waals surface area contributed by atoms with Gasteiger partial charge in [0.25, 0.3) is 0 Å². The normalized spacial score (nSPS) is 15.7. The quantitative estimate of drug-likeness (QED) is 0.525. The Morgan fingerprint density at radius 1 is 1.10 bits per heavy atom. The molecule has 1 aromatic carbocycles. The molecule has 1 fully saturated rings. The van der Waals surface area contributed by atoms with E-state index < -0.39 is 0 Å². The third-order valence-electron chi connectivity index (χ3n) is 5.02. The van der Waals surface area contributed by atoms with E-state index in [0.717, 1.165) is 24.7 Å². The largest absolute Gasteiger partial charge is 0.357 e. The monoisotopic (exact) mass is 413 g/mol. The van der Waals surface area contributed by atoms with E-state index in [4.69, 9.17) is 9.98 Å². The maximum atomic E-state index is 4.75. The van der Waals surface area contributed by atoms with E-state index in [0.29, 0.717) is 13.1 Å². The second kappa shape index (κ2) is 10.2. The van der Waals surface area contributed by atoms with Crippen molar-refractivity contribution in [2.75, 3.05) is 19.6 Å². The highest BCUT2D eigenvalue weighted by molar-refractivity contribution is 7.09. The summed E-state index contributed by atoms with van der Waals surface area (Å²) in [7, 11) is 0. The number of nitrogens with zero attached hydrogens (tertiary/aromatic N) is 3. The number of rotatable bonds is 7. The maximum absolute atomic E-state index is 4.75. The van der Waals surface area contributed by atoms with Crippen molar-refractivity contribution in [2.45, 2.75) is 65.6 Å². The van der Waals surface area contributed by atoms with Crippen LogP contribution in [-0.2, 0) is 25.0 Å². The van der Waals surface area contributed by atoms with Gasteiger partial charge in [-0.15, -0.1) is 11.3 Å². The molecule has 2 aromatic rings. The second-order valence-corrected chi connectivity index (χ2v) is 9.60. The topological polar surface area (TPSA) is 52.6 Å². The van der Waals surface area contributed by atoms with E-state index in [2.05, 4.69) is 72.9 Å². The molecule has 158 valence electrons. The van der Waals surface area contributed by atoms with Gasteiger partial charge >= 0.3 is 0 Å². The van der Waals surface area contributed by atoms with Gasteiger partial charge in [-0.05, 0) is 44.0 Å². The van der Waals surface area contributed by atoms with Gasteiger partial charge in [0.05, 0.1) is 23.8 Å². The average molecular weight is 414 g/mol. The van der Waals surface area contributed by atoms with Crippen LogP contribution in [0.3, 0.4) is 0 Å². The van der Waals surface area contributed by atoms with Crippen molar-refractivity contribution in [3.8, 4) is 0 Å². The second-order valence-electron chi connectivity index (χ2n) is 8.74. The standard InChI is InChI=1S/C23H35N5S/c1-5-24-22(26-15-20-17-29-21(27-20)23(2,3)4)25-14-18-8-10-19(11-9-18)16-28-12-6-7-13-28/h8-11,17H,5-7,12-16H2,1-4H3,(H2,24,25,26). The van der Waals surface area contributed by atoms with Crippen LogP contribution >= 0.6 is 11.3 Å². The Kier molecular flexibility index (Phi) is 7.67. The number of nitrogens with one attached hydrogen (secondary N) is 2. The number of benzene rings is 1. The summed E-state index contributed by atoms with van der Waals surface area (Å²) in [5, 5.41) is 10.0. The summed E-state index contributed by atoms with van der Waals surface area (Å²) in [4.78, 5) is 12.0. The molecule has 6 heteroatoms. The Bertz CT molecular complexity index is 782. The molecule has 0 saturated carbocycles. The van der Waals surface area contributed by atoms with Gasteiger partial charge in [0, 0.05) is 23.9 Å². The van der Waals surface area contributed by atoms with Crippen LogP contribution < -0.4 is 10.6 Å².